The summed E-state index contributed by atoms with van der Waals surface area (Å²) in [5.41, 5.74) is 3.88. The molecule has 1 fully saturated rings. The van der Waals surface area contributed by atoms with Crippen LogP contribution < -0.4 is 5.84 Å². The summed E-state index contributed by atoms with van der Waals surface area (Å²) in [5.74, 6) is 8.78. The molecule has 0 radical (unpaired) electrons. The number of hydrogen-bond donors (Lipinski definition) is 2. The molecule has 0 spiro atoms. The summed E-state index contributed by atoms with van der Waals surface area (Å²) in [7, 11) is 2.79. The predicted octanol–water partition coefficient (Wildman–Crippen LogP) is 5.77. The van der Waals surface area contributed by atoms with Gasteiger partial charge in [-0.05, 0) is 81.3 Å². The standard InChI is InChI=1S/C32H43N5O.CH4O/c1-6-27(23-36-18-16-29(17-19-36)24-38-5)13-12-26(4)21-35-32-30(15-14-28-10-8-7-9-11-28)22-34-31(37(32)33)20-25(2)3;1-2/h6-12,14-15,20-22,27,29H,1-2,13,16-19,23-24,33H2,3-5H3;2H,1H3/b15-14+,26-12+,31-20-,35-21+;. The Hall–Kier alpha value is -3.36. The number of rotatable bonds is 12. The van der Waals surface area contributed by atoms with Crippen LogP contribution >= 0.6 is 0 Å². The zero-order chi connectivity index (χ0) is 29.3. The molecule has 216 valence electrons. The second-order valence-electron chi connectivity index (χ2n) is 10.1. The van der Waals surface area contributed by atoms with E-state index in [4.69, 9.17) is 20.7 Å². The molecule has 40 heavy (non-hydrogen) atoms. The summed E-state index contributed by atoms with van der Waals surface area (Å²) in [6, 6.07) is 10.1. The van der Waals surface area contributed by atoms with Crippen LogP contribution in [0.1, 0.15) is 38.7 Å². The van der Waals surface area contributed by atoms with E-state index in [-0.39, 0.29) is 0 Å². The molecule has 1 saturated heterocycles. The van der Waals surface area contributed by atoms with Gasteiger partial charge in [-0.2, -0.15) is 0 Å². The van der Waals surface area contributed by atoms with Crippen molar-refractivity contribution in [2.45, 2.75) is 33.1 Å². The number of hydrazine groups is 1. The minimum Gasteiger partial charge on any atom is -0.400 e. The van der Waals surface area contributed by atoms with Crippen molar-refractivity contribution in [3.8, 4) is 0 Å². The average Bonchev–Trinajstić information content (AvgIpc) is 2.97. The molecule has 0 aliphatic carbocycles. The van der Waals surface area contributed by atoms with Gasteiger partial charge in [0.1, 0.15) is 5.82 Å². The van der Waals surface area contributed by atoms with Crippen LogP contribution in [0.15, 0.2) is 106 Å². The summed E-state index contributed by atoms with van der Waals surface area (Å²) in [6.45, 7) is 16.2. The largest absolute Gasteiger partial charge is 0.400 e. The van der Waals surface area contributed by atoms with Crippen LogP contribution in [0.4, 0.5) is 0 Å². The van der Waals surface area contributed by atoms with Crippen LogP contribution in [-0.4, -0.2) is 67.9 Å². The highest BCUT2D eigenvalue weighted by atomic mass is 16.5. The molecular formula is C33H47N5O2. The Morgan fingerprint density at radius 1 is 1.20 bits per heavy atom. The molecule has 0 saturated carbocycles. The van der Waals surface area contributed by atoms with Gasteiger partial charge in [-0.25, -0.2) is 20.8 Å². The van der Waals surface area contributed by atoms with Crippen molar-refractivity contribution in [3.63, 3.8) is 0 Å². The van der Waals surface area contributed by atoms with Gasteiger partial charge in [0.25, 0.3) is 0 Å². The summed E-state index contributed by atoms with van der Waals surface area (Å²) >= 11 is 0. The molecule has 0 bridgehead atoms. The molecule has 1 unspecified atom stereocenters. The summed E-state index contributed by atoms with van der Waals surface area (Å²) in [6.07, 6.45) is 17.2. The number of piperidine rings is 1. The van der Waals surface area contributed by atoms with Crippen LogP contribution in [0.5, 0.6) is 0 Å². The Morgan fingerprint density at radius 2 is 1.90 bits per heavy atom. The fourth-order valence-corrected chi connectivity index (χ4v) is 4.54. The van der Waals surface area contributed by atoms with Gasteiger partial charge >= 0.3 is 0 Å². The van der Waals surface area contributed by atoms with Crippen molar-refractivity contribution in [2.24, 2.45) is 27.7 Å². The third-order valence-corrected chi connectivity index (χ3v) is 6.77. The highest BCUT2D eigenvalue weighted by molar-refractivity contribution is 5.88. The molecule has 2 aliphatic rings. The van der Waals surface area contributed by atoms with Gasteiger partial charge in [0.15, 0.2) is 5.82 Å². The second-order valence-corrected chi connectivity index (χ2v) is 10.1. The van der Waals surface area contributed by atoms with Gasteiger partial charge < -0.3 is 14.7 Å². The number of hydrogen-bond acceptors (Lipinski definition) is 7. The van der Waals surface area contributed by atoms with E-state index < -0.39 is 0 Å². The molecule has 0 aromatic heterocycles. The summed E-state index contributed by atoms with van der Waals surface area (Å²) in [4.78, 5) is 11.9. The molecule has 1 atom stereocenters. The number of nitrogens with zero attached hydrogens (tertiary/aromatic N) is 4. The third-order valence-electron chi connectivity index (χ3n) is 6.77. The van der Waals surface area contributed by atoms with Gasteiger partial charge in [-0.15, -0.1) is 6.58 Å². The first-order valence-corrected chi connectivity index (χ1v) is 13.8. The Labute approximate surface area is 241 Å². The highest BCUT2D eigenvalue weighted by Crippen LogP contribution is 2.23. The van der Waals surface area contributed by atoms with E-state index in [0.717, 1.165) is 62.1 Å². The number of benzene rings is 1. The van der Waals surface area contributed by atoms with Gasteiger partial charge in [0, 0.05) is 45.4 Å². The number of aliphatic hydroxyl groups excluding tert-OH is 1. The van der Waals surface area contributed by atoms with Crippen molar-refractivity contribution >= 4 is 18.5 Å². The predicted molar refractivity (Wildman–Crippen MR) is 170 cm³/mol. The van der Waals surface area contributed by atoms with Crippen molar-refractivity contribution < 1.29 is 9.84 Å². The summed E-state index contributed by atoms with van der Waals surface area (Å²) < 4.78 is 5.33. The molecule has 1 aromatic rings. The Kier molecular flexibility index (Phi) is 14.8. The minimum atomic E-state index is 0.402. The molecular weight excluding hydrogens is 498 g/mol. The van der Waals surface area contributed by atoms with Crippen molar-refractivity contribution in [3.05, 3.63) is 102 Å². The van der Waals surface area contributed by atoms with Crippen molar-refractivity contribution in [2.75, 3.05) is 40.5 Å². The second kappa shape index (κ2) is 18.1. The first-order valence-electron chi connectivity index (χ1n) is 13.8. The molecule has 7 heteroatoms. The minimum absolute atomic E-state index is 0.402. The number of ether oxygens (including phenoxy) is 1. The van der Waals surface area contributed by atoms with Gasteiger partial charge in [0.05, 0.1) is 0 Å². The van der Waals surface area contributed by atoms with E-state index in [1.807, 2.05) is 49.6 Å². The fraction of sp³-hybridized carbons (Fsp3) is 0.394. The highest BCUT2D eigenvalue weighted by Gasteiger charge is 2.20. The molecule has 3 N–H and O–H groups in total. The van der Waals surface area contributed by atoms with Crippen LogP contribution in [0.2, 0.25) is 0 Å². The molecule has 2 aliphatic heterocycles. The van der Waals surface area contributed by atoms with Crippen LogP contribution in [0.25, 0.3) is 6.08 Å². The lowest BCUT2D eigenvalue weighted by Gasteiger charge is -2.33. The van der Waals surface area contributed by atoms with E-state index in [1.165, 1.54) is 17.9 Å². The lowest BCUT2D eigenvalue weighted by atomic mass is 9.96. The number of aliphatic hydroxyl groups is 1. The quantitative estimate of drug-likeness (QED) is 0.198. The van der Waals surface area contributed by atoms with Crippen molar-refractivity contribution in [1.29, 1.82) is 0 Å². The summed E-state index contributed by atoms with van der Waals surface area (Å²) in [5, 5.41) is 8.52. The first-order chi connectivity index (χ1) is 19.4. The average molecular weight is 546 g/mol. The smallest absolute Gasteiger partial charge is 0.157 e. The maximum absolute atomic E-state index is 7.00. The van der Waals surface area contributed by atoms with E-state index in [0.29, 0.717) is 23.5 Å². The van der Waals surface area contributed by atoms with Crippen LogP contribution in [-0.2, 0) is 4.74 Å². The van der Waals surface area contributed by atoms with Gasteiger partial charge in [-0.1, -0.05) is 60.7 Å². The number of allylic oxidation sites excluding steroid dienone is 6. The lowest BCUT2D eigenvalue weighted by molar-refractivity contribution is 0.0955. The molecule has 7 nitrogen and oxygen atoms in total. The third kappa shape index (κ3) is 11.0. The van der Waals surface area contributed by atoms with E-state index in [9.17, 15) is 0 Å². The normalized spacial score (nSPS) is 18.9. The topological polar surface area (TPSA) is 86.7 Å². The van der Waals surface area contributed by atoms with E-state index in [2.05, 4.69) is 54.3 Å². The van der Waals surface area contributed by atoms with Gasteiger partial charge in [0.2, 0.25) is 0 Å². The zero-order valence-electron chi connectivity index (χ0n) is 24.7. The van der Waals surface area contributed by atoms with E-state index >= 15 is 0 Å². The van der Waals surface area contributed by atoms with Crippen LogP contribution in [0.3, 0.4) is 0 Å². The SMILES string of the molecule is C=CC(C/C=C(C)/C=N/C1=C(/C=C/c2ccccc2)C=N/C(=C/C(=C)C)N1N)CN1CCC(COC)CC1.CO. The number of likely N-dealkylation sites (tertiary alicyclic amines) is 1. The number of methoxy groups -OCH3 is 1. The Bertz CT molecular complexity index is 1120. The first kappa shape index (κ1) is 32.8. The monoisotopic (exact) mass is 545 g/mol. The lowest BCUT2D eigenvalue weighted by Crippen LogP contribution is -2.37. The Balaban J connectivity index is 0.00000274. The fourth-order valence-electron chi connectivity index (χ4n) is 4.54. The molecule has 1 aromatic carbocycles. The van der Waals surface area contributed by atoms with Crippen molar-refractivity contribution in [1.82, 2.24) is 9.91 Å². The molecule has 3 rings (SSSR count). The Morgan fingerprint density at radius 3 is 2.52 bits per heavy atom. The van der Waals surface area contributed by atoms with Crippen LogP contribution in [0, 0.1) is 11.8 Å². The van der Waals surface area contributed by atoms with E-state index in [1.54, 1.807) is 13.3 Å². The molecule has 0 amide bonds. The van der Waals surface area contributed by atoms with Gasteiger partial charge in [-0.3, -0.25) is 0 Å². The number of aliphatic imine (C=N–C) groups is 2. The zero-order valence-corrected chi connectivity index (χ0v) is 24.7. The maximum atomic E-state index is 7.00. The maximum Gasteiger partial charge on any atom is 0.157 e. The molecule has 2 heterocycles. The number of nitrogens with two attached hydrogens (primary N) is 1.